The van der Waals surface area contributed by atoms with Crippen molar-refractivity contribution in [2.24, 2.45) is 0 Å². The van der Waals surface area contributed by atoms with Crippen LogP contribution >= 0.6 is 11.6 Å². The zero-order valence-corrected chi connectivity index (χ0v) is 7.63. The van der Waals surface area contributed by atoms with E-state index in [1.165, 1.54) is 6.92 Å². The summed E-state index contributed by atoms with van der Waals surface area (Å²) in [6.45, 7) is 1.41. The number of hydrogen-bond donors (Lipinski definition) is 0. The van der Waals surface area contributed by atoms with Crippen molar-refractivity contribution < 1.29 is 9.21 Å². The van der Waals surface area contributed by atoms with Crippen molar-refractivity contribution >= 4 is 28.5 Å². The predicted octanol–water partition coefficient (Wildman–Crippen LogP) is 2.68. The molecule has 4 heteroatoms. The van der Waals surface area contributed by atoms with Crippen molar-refractivity contribution in [1.29, 1.82) is 0 Å². The molecule has 1 aromatic carbocycles. The normalized spacial score (nSPS) is 10.6. The summed E-state index contributed by atoms with van der Waals surface area (Å²) in [4.78, 5) is 14.9. The maximum absolute atomic E-state index is 10.9. The van der Waals surface area contributed by atoms with Gasteiger partial charge in [0.1, 0.15) is 5.52 Å². The van der Waals surface area contributed by atoms with Crippen LogP contribution in [-0.4, -0.2) is 10.8 Å². The molecule has 13 heavy (non-hydrogen) atoms. The van der Waals surface area contributed by atoms with E-state index in [9.17, 15) is 4.79 Å². The van der Waals surface area contributed by atoms with Crippen molar-refractivity contribution in [1.82, 2.24) is 4.98 Å². The fraction of sp³-hybridized carbons (Fsp3) is 0.111. The third kappa shape index (κ3) is 1.42. The summed E-state index contributed by atoms with van der Waals surface area (Å²) in [5, 5.41) is 0.580. The summed E-state index contributed by atoms with van der Waals surface area (Å²) in [5.41, 5.74) is 1.19. The van der Waals surface area contributed by atoms with E-state index in [4.69, 9.17) is 16.0 Å². The fourth-order valence-corrected chi connectivity index (χ4v) is 1.22. The molecule has 0 atom stereocenters. The number of fused-ring (bicyclic) bond motifs is 1. The molecule has 0 bridgehead atoms. The Labute approximate surface area is 79.3 Å². The molecule has 3 nitrogen and oxygen atoms in total. The molecule has 0 aliphatic rings. The van der Waals surface area contributed by atoms with Gasteiger partial charge in [-0.3, -0.25) is 4.79 Å². The predicted molar refractivity (Wildman–Crippen MR) is 49.0 cm³/mol. The van der Waals surface area contributed by atoms with Gasteiger partial charge in [-0.15, -0.1) is 0 Å². The Balaban J connectivity index is 2.68. The van der Waals surface area contributed by atoms with Gasteiger partial charge in [0, 0.05) is 11.9 Å². The summed E-state index contributed by atoms with van der Waals surface area (Å²) < 4.78 is 5.17. The highest BCUT2D eigenvalue weighted by molar-refractivity contribution is 6.31. The second-order valence-corrected chi connectivity index (χ2v) is 3.12. The van der Waals surface area contributed by atoms with Crippen LogP contribution in [0.2, 0.25) is 5.02 Å². The van der Waals surface area contributed by atoms with Gasteiger partial charge in [-0.05, 0) is 18.2 Å². The molecule has 0 unspecified atom stereocenters. The monoisotopic (exact) mass is 195 g/mol. The number of Topliss-reactive ketones (excluding diaryl/α,β-unsaturated/α-hetero) is 1. The summed E-state index contributed by atoms with van der Waals surface area (Å²) >= 11 is 5.74. The van der Waals surface area contributed by atoms with E-state index in [2.05, 4.69) is 4.98 Å². The van der Waals surface area contributed by atoms with Crippen LogP contribution in [0.25, 0.3) is 11.1 Å². The van der Waals surface area contributed by atoms with Crippen LogP contribution < -0.4 is 0 Å². The minimum absolute atomic E-state index is 0.122. The lowest BCUT2D eigenvalue weighted by molar-refractivity contribution is 0.0983. The van der Waals surface area contributed by atoms with Gasteiger partial charge in [-0.2, -0.15) is 0 Å². The molecule has 0 N–H and O–H groups in total. The largest absolute Gasteiger partial charge is 0.434 e. The molecule has 0 aliphatic carbocycles. The number of nitrogens with zero attached hydrogens (tertiary/aromatic N) is 1. The Morgan fingerprint density at radius 3 is 3.00 bits per heavy atom. The molecule has 2 rings (SSSR count). The molecule has 1 aromatic heterocycles. The molecule has 1 heterocycles. The van der Waals surface area contributed by atoms with Gasteiger partial charge < -0.3 is 4.42 Å². The minimum atomic E-state index is -0.188. The van der Waals surface area contributed by atoms with Gasteiger partial charge in [0.2, 0.25) is 5.78 Å². The van der Waals surface area contributed by atoms with Gasteiger partial charge in [-0.1, -0.05) is 11.6 Å². The Hall–Kier alpha value is -1.35. The van der Waals surface area contributed by atoms with Crippen LogP contribution in [0.5, 0.6) is 0 Å². The van der Waals surface area contributed by atoms with Crippen molar-refractivity contribution in [3.8, 4) is 0 Å². The fourth-order valence-electron chi connectivity index (χ4n) is 1.05. The molecule has 0 saturated carbocycles. The third-order valence-electron chi connectivity index (χ3n) is 1.65. The lowest BCUT2D eigenvalue weighted by atomic mass is 10.3. The minimum Gasteiger partial charge on any atom is -0.434 e. The van der Waals surface area contributed by atoms with Crippen LogP contribution in [0.1, 0.15) is 17.6 Å². The summed E-state index contributed by atoms with van der Waals surface area (Å²) in [6.07, 6.45) is 0. The van der Waals surface area contributed by atoms with Gasteiger partial charge in [0.15, 0.2) is 5.58 Å². The Morgan fingerprint density at radius 1 is 1.54 bits per heavy atom. The molecule has 0 spiro atoms. The van der Waals surface area contributed by atoms with Crippen LogP contribution in [-0.2, 0) is 0 Å². The zero-order chi connectivity index (χ0) is 9.42. The summed E-state index contributed by atoms with van der Waals surface area (Å²) in [5.74, 6) is -0.0652. The lowest BCUT2D eigenvalue weighted by Crippen LogP contribution is -1.89. The van der Waals surface area contributed by atoms with E-state index in [0.717, 1.165) is 0 Å². The van der Waals surface area contributed by atoms with E-state index in [1.54, 1.807) is 18.2 Å². The first-order valence-corrected chi connectivity index (χ1v) is 4.11. The Morgan fingerprint density at radius 2 is 2.31 bits per heavy atom. The molecule has 2 aromatic rings. The topological polar surface area (TPSA) is 43.1 Å². The smallest absolute Gasteiger partial charge is 0.263 e. The van der Waals surface area contributed by atoms with Gasteiger partial charge in [0.25, 0.3) is 5.89 Å². The third-order valence-corrected chi connectivity index (χ3v) is 1.89. The Bertz CT molecular complexity index is 475. The first kappa shape index (κ1) is 8.26. The highest BCUT2D eigenvalue weighted by Gasteiger charge is 2.09. The number of benzene rings is 1. The number of hydrogen-bond acceptors (Lipinski definition) is 3. The van der Waals surface area contributed by atoms with Crippen LogP contribution in [0.3, 0.4) is 0 Å². The number of ketones is 1. The summed E-state index contributed by atoms with van der Waals surface area (Å²) in [6, 6.07) is 5.04. The van der Waals surface area contributed by atoms with E-state index in [0.29, 0.717) is 16.1 Å². The quantitative estimate of drug-likeness (QED) is 0.657. The maximum atomic E-state index is 10.9. The number of carbonyl (C=O) groups is 1. The van der Waals surface area contributed by atoms with Gasteiger partial charge in [-0.25, -0.2) is 4.98 Å². The zero-order valence-electron chi connectivity index (χ0n) is 6.87. The highest BCUT2D eigenvalue weighted by atomic mass is 35.5. The maximum Gasteiger partial charge on any atom is 0.263 e. The molecule has 0 radical (unpaired) electrons. The van der Waals surface area contributed by atoms with Crippen molar-refractivity contribution in [2.45, 2.75) is 6.92 Å². The molecular weight excluding hydrogens is 190 g/mol. The number of oxazole rings is 1. The second-order valence-electron chi connectivity index (χ2n) is 2.69. The van der Waals surface area contributed by atoms with Gasteiger partial charge >= 0.3 is 0 Å². The molecule has 0 fully saturated rings. The average molecular weight is 196 g/mol. The standard InChI is InChI=1S/C9H6ClNO2/c1-5(12)9-11-7-4-6(10)2-3-8(7)13-9/h2-4H,1H3. The summed E-state index contributed by atoms with van der Waals surface area (Å²) in [7, 11) is 0. The van der Waals surface area contributed by atoms with Crippen molar-refractivity contribution in [2.75, 3.05) is 0 Å². The Kier molecular flexibility index (Phi) is 1.81. The van der Waals surface area contributed by atoms with E-state index >= 15 is 0 Å². The first-order chi connectivity index (χ1) is 6.16. The molecule has 0 amide bonds. The van der Waals surface area contributed by atoms with Crippen molar-refractivity contribution in [3.05, 3.63) is 29.1 Å². The average Bonchev–Trinajstić information content (AvgIpc) is 2.46. The van der Waals surface area contributed by atoms with Crippen LogP contribution in [0.4, 0.5) is 0 Å². The van der Waals surface area contributed by atoms with Gasteiger partial charge in [0.05, 0.1) is 0 Å². The highest BCUT2D eigenvalue weighted by Crippen LogP contribution is 2.19. The molecule has 0 saturated heterocycles. The first-order valence-electron chi connectivity index (χ1n) is 3.74. The molecular formula is C9H6ClNO2. The number of aromatic nitrogens is 1. The number of halogens is 1. The number of carbonyl (C=O) groups excluding carboxylic acids is 1. The van der Waals surface area contributed by atoms with E-state index in [-0.39, 0.29) is 11.7 Å². The molecule has 66 valence electrons. The van der Waals surface area contributed by atoms with Crippen LogP contribution in [0, 0.1) is 0 Å². The number of rotatable bonds is 1. The SMILES string of the molecule is CC(=O)c1nc2cc(Cl)ccc2o1. The second kappa shape index (κ2) is 2.85. The molecule has 0 aliphatic heterocycles. The van der Waals surface area contributed by atoms with Crippen molar-refractivity contribution in [3.63, 3.8) is 0 Å². The van der Waals surface area contributed by atoms with E-state index < -0.39 is 0 Å². The van der Waals surface area contributed by atoms with Crippen LogP contribution in [0.15, 0.2) is 22.6 Å². The van der Waals surface area contributed by atoms with E-state index in [1.807, 2.05) is 0 Å². The lowest BCUT2D eigenvalue weighted by Gasteiger charge is -1.85.